The Kier molecular flexibility index (Phi) is 5.19. The molecule has 0 unspecified atom stereocenters. The van der Waals surface area contributed by atoms with E-state index in [-0.39, 0.29) is 11.8 Å². The number of nitrogens with zero attached hydrogens (tertiary/aromatic N) is 1. The second kappa shape index (κ2) is 7.23. The van der Waals surface area contributed by atoms with Gasteiger partial charge >= 0.3 is 6.09 Å². The molecule has 5 heteroatoms. The molecule has 0 bridgehead atoms. The summed E-state index contributed by atoms with van der Waals surface area (Å²) in [4.78, 5) is 27.1. The summed E-state index contributed by atoms with van der Waals surface area (Å²) in [5, 5.41) is 0. The maximum atomic E-state index is 13.1. The average Bonchev–Trinajstić information content (AvgIpc) is 2.56. The predicted molar refractivity (Wildman–Crippen MR) is 105 cm³/mol. The Bertz CT molecular complexity index is 841. The number of amides is 2. The van der Waals surface area contributed by atoms with Crippen molar-refractivity contribution in [3.8, 4) is 0 Å². The lowest BCUT2D eigenvalue weighted by atomic mass is 9.87. The minimum Gasteiger partial charge on any atom is -0.443 e. The van der Waals surface area contributed by atoms with E-state index in [0.717, 1.165) is 15.6 Å². The molecule has 1 heterocycles. The molecule has 1 aliphatic rings. The van der Waals surface area contributed by atoms with E-state index in [1.54, 1.807) is 26.8 Å². The highest BCUT2D eigenvalue weighted by molar-refractivity contribution is 9.10. The van der Waals surface area contributed by atoms with Crippen molar-refractivity contribution in [1.82, 2.24) is 0 Å². The van der Waals surface area contributed by atoms with E-state index < -0.39 is 11.7 Å². The molecule has 1 aliphatic heterocycles. The molecule has 4 nitrogen and oxygen atoms in total. The van der Waals surface area contributed by atoms with E-state index in [9.17, 15) is 9.59 Å². The summed E-state index contributed by atoms with van der Waals surface area (Å²) in [6, 6.07) is 15.4. The summed E-state index contributed by atoms with van der Waals surface area (Å²) < 4.78 is 6.45. The molecule has 26 heavy (non-hydrogen) atoms. The van der Waals surface area contributed by atoms with Gasteiger partial charge in [-0.25, -0.2) is 9.69 Å². The number of carbonyl (C=O) groups is 2. The summed E-state index contributed by atoms with van der Waals surface area (Å²) in [7, 11) is 0. The number of rotatable bonds is 2. The average molecular weight is 416 g/mol. The van der Waals surface area contributed by atoms with Gasteiger partial charge in [-0.15, -0.1) is 0 Å². The number of imide groups is 1. The highest BCUT2D eigenvalue weighted by Crippen LogP contribution is 2.34. The monoisotopic (exact) mass is 415 g/mol. The van der Waals surface area contributed by atoms with Crippen molar-refractivity contribution in [3.63, 3.8) is 0 Å². The fraction of sp³-hybridized carbons (Fsp3) is 0.333. The van der Waals surface area contributed by atoms with Crippen molar-refractivity contribution < 1.29 is 14.3 Å². The third-order valence-corrected chi connectivity index (χ3v) is 5.04. The molecule has 0 spiro atoms. The van der Waals surface area contributed by atoms with Crippen LogP contribution in [0.4, 0.5) is 10.5 Å². The van der Waals surface area contributed by atoms with Gasteiger partial charge in [-0.2, -0.15) is 0 Å². The summed E-state index contributed by atoms with van der Waals surface area (Å²) in [6.07, 6.45) is 0.551. The van der Waals surface area contributed by atoms with Crippen LogP contribution < -0.4 is 4.90 Å². The molecule has 0 aliphatic carbocycles. The van der Waals surface area contributed by atoms with Crippen LogP contribution in [0.25, 0.3) is 0 Å². The third-order valence-electron chi connectivity index (χ3n) is 4.27. The van der Waals surface area contributed by atoms with Crippen LogP contribution in [0.5, 0.6) is 0 Å². The molecular formula is C21H22BrNO3. The fourth-order valence-corrected chi connectivity index (χ4v) is 3.59. The Balaban J connectivity index is 1.94. The van der Waals surface area contributed by atoms with Crippen LogP contribution in [0.15, 0.2) is 53.0 Å². The number of hydrogen-bond acceptors (Lipinski definition) is 3. The van der Waals surface area contributed by atoms with Crippen LogP contribution in [0.1, 0.15) is 31.9 Å². The molecule has 3 rings (SSSR count). The van der Waals surface area contributed by atoms with Crippen LogP contribution in [0.2, 0.25) is 0 Å². The lowest BCUT2D eigenvalue weighted by Gasteiger charge is -2.34. The first-order valence-electron chi connectivity index (χ1n) is 8.64. The largest absolute Gasteiger partial charge is 0.443 e. The minimum absolute atomic E-state index is 0.214. The molecule has 0 fully saturated rings. The zero-order chi connectivity index (χ0) is 18.9. The predicted octanol–water partition coefficient (Wildman–Crippen LogP) is 5.13. The van der Waals surface area contributed by atoms with E-state index in [0.29, 0.717) is 18.5 Å². The van der Waals surface area contributed by atoms with E-state index in [2.05, 4.69) is 15.9 Å². The van der Waals surface area contributed by atoms with Gasteiger partial charge < -0.3 is 4.74 Å². The normalized spacial score (nSPS) is 17.0. The first-order chi connectivity index (χ1) is 12.3. The zero-order valence-electron chi connectivity index (χ0n) is 15.2. The molecule has 0 radical (unpaired) electrons. The standard InChI is InChI=1S/C21H22BrNO3/c1-21(2,3)26-20(25)23-18-11-7-5-9-15(18)13-16(19(23)24)12-14-8-4-6-10-17(14)22/h4-11,16H,12-13H2,1-3H3/t16-/m0/s1. The van der Waals surface area contributed by atoms with Crippen molar-refractivity contribution in [2.24, 2.45) is 5.92 Å². The number of carbonyl (C=O) groups excluding carboxylic acids is 2. The highest BCUT2D eigenvalue weighted by atomic mass is 79.9. The van der Waals surface area contributed by atoms with Crippen LogP contribution in [-0.2, 0) is 22.4 Å². The Hall–Kier alpha value is -2.14. The lowest BCUT2D eigenvalue weighted by Crippen LogP contribution is -2.47. The summed E-state index contributed by atoms with van der Waals surface area (Å²) in [5.41, 5.74) is 1.99. The zero-order valence-corrected chi connectivity index (χ0v) is 16.7. The van der Waals surface area contributed by atoms with Gasteiger partial charge in [0.25, 0.3) is 0 Å². The molecular weight excluding hydrogens is 394 g/mol. The van der Waals surface area contributed by atoms with Crippen molar-refractivity contribution in [2.75, 3.05) is 4.90 Å². The Labute approximate surface area is 162 Å². The Morgan fingerprint density at radius 3 is 2.50 bits per heavy atom. The number of ether oxygens (including phenoxy) is 1. The number of para-hydroxylation sites is 1. The molecule has 2 aromatic carbocycles. The van der Waals surface area contributed by atoms with Gasteiger partial charge in [0.1, 0.15) is 5.60 Å². The van der Waals surface area contributed by atoms with Gasteiger partial charge in [0.2, 0.25) is 5.91 Å². The molecule has 136 valence electrons. The SMILES string of the molecule is CC(C)(C)OC(=O)N1C(=O)[C@@H](Cc2ccccc2Br)Cc2ccccc21. The Morgan fingerprint density at radius 2 is 1.81 bits per heavy atom. The Morgan fingerprint density at radius 1 is 1.15 bits per heavy atom. The fourth-order valence-electron chi connectivity index (χ4n) is 3.14. The number of benzene rings is 2. The van der Waals surface area contributed by atoms with Crippen LogP contribution in [0.3, 0.4) is 0 Å². The van der Waals surface area contributed by atoms with E-state index >= 15 is 0 Å². The molecule has 0 aromatic heterocycles. The highest BCUT2D eigenvalue weighted by Gasteiger charge is 2.38. The molecule has 0 saturated carbocycles. The second-order valence-corrected chi connectivity index (χ2v) is 8.33. The van der Waals surface area contributed by atoms with Crippen LogP contribution >= 0.6 is 15.9 Å². The van der Waals surface area contributed by atoms with Gasteiger partial charge in [0.05, 0.1) is 5.69 Å². The lowest BCUT2D eigenvalue weighted by molar-refractivity contribution is -0.122. The summed E-state index contributed by atoms with van der Waals surface area (Å²) >= 11 is 3.54. The van der Waals surface area contributed by atoms with Gasteiger partial charge in [-0.1, -0.05) is 52.3 Å². The van der Waals surface area contributed by atoms with Gasteiger partial charge in [0.15, 0.2) is 0 Å². The number of halogens is 1. The van der Waals surface area contributed by atoms with E-state index in [1.807, 2.05) is 42.5 Å². The second-order valence-electron chi connectivity index (χ2n) is 7.48. The van der Waals surface area contributed by atoms with Crippen molar-refractivity contribution in [2.45, 2.75) is 39.2 Å². The van der Waals surface area contributed by atoms with Crippen molar-refractivity contribution >= 4 is 33.6 Å². The maximum absolute atomic E-state index is 13.1. The summed E-state index contributed by atoms with van der Waals surface area (Å²) in [6.45, 7) is 5.39. The topological polar surface area (TPSA) is 46.6 Å². The summed E-state index contributed by atoms with van der Waals surface area (Å²) in [5.74, 6) is -0.523. The molecule has 0 N–H and O–H groups in total. The minimum atomic E-state index is -0.665. The number of anilines is 1. The van der Waals surface area contributed by atoms with Crippen LogP contribution in [0, 0.1) is 5.92 Å². The first kappa shape index (κ1) is 18.6. The molecule has 2 amide bonds. The number of hydrogen-bond donors (Lipinski definition) is 0. The molecule has 0 saturated heterocycles. The van der Waals surface area contributed by atoms with Crippen molar-refractivity contribution in [3.05, 3.63) is 64.1 Å². The quantitative estimate of drug-likeness (QED) is 0.682. The van der Waals surface area contributed by atoms with E-state index in [1.165, 1.54) is 4.90 Å². The maximum Gasteiger partial charge on any atom is 0.421 e. The van der Waals surface area contributed by atoms with Gasteiger partial charge in [-0.05, 0) is 56.9 Å². The van der Waals surface area contributed by atoms with Gasteiger partial charge in [0, 0.05) is 10.4 Å². The molecule has 2 aromatic rings. The first-order valence-corrected chi connectivity index (χ1v) is 9.44. The third kappa shape index (κ3) is 3.98. The molecule has 1 atom stereocenters. The number of fused-ring (bicyclic) bond motifs is 1. The van der Waals surface area contributed by atoms with Crippen molar-refractivity contribution in [1.29, 1.82) is 0 Å². The van der Waals surface area contributed by atoms with E-state index in [4.69, 9.17) is 4.74 Å². The van der Waals surface area contributed by atoms with Gasteiger partial charge in [-0.3, -0.25) is 4.79 Å². The smallest absolute Gasteiger partial charge is 0.421 e. The van der Waals surface area contributed by atoms with Crippen LogP contribution in [-0.4, -0.2) is 17.6 Å².